The predicted molar refractivity (Wildman–Crippen MR) is 107 cm³/mol. The molecule has 0 bridgehead atoms. The fourth-order valence-corrected chi connectivity index (χ4v) is 4.55. The van der Waals surface area contributed by atoms with Gasteiger partial charge in [-0.1, -0.05) is 23.7 Å². The lowest BCUT2D eigenvalue weighted by molar-refractivity contribution is -0.124. The van der Waals surface area contributed by atoms with E-state index in [1.165, 1.54) is 0 Å². The molecule has 6 nitrogen and oxygen atoms in total. The molecule has 1 N–H and O–H groups in total. The Balaban J connectivity index is 1.85. The lowest BCUT2D eigenvalue weighted by Crippen LogP contribution is -2.49. The number of amides is 2. The summed E-state index contributed by atoms with van der Waals surface area (Å²) >= 11 is 7.78. The van der Waals surface area contributed by atoms with E-state index in [1.807, 2.05) is 25.1 Å². The van der Waals surface area contributed by atoms with Crippen LogP contribution in [-0.4, -0.2) is 60.6 Å². The Morgan fingerprint density at radius 2 is 2.11 bits per heavy atom. The minimum Gasteiger partial charge on any atom is -0.472 e. The zero-order valence-electron chi connectivity index (χ0n) is 15.2. The molecule has 0 radical (unpaired) electrons. The van der Waals surface area contributed by atoms with Crippen LogP contribution in [-0.2, 0) is 4.79 Å². The fraction of sp³-hybridized carbons (Fsp3) is 0.368. The van der Waals surface area contributed by atoms with Crippen molar-refractivity contribution in [3.63, 3.8) is 0 Å². The molecule has 27 heavy (non-hydrogen) atoms. The van der Waals surface area contributed by atoms with E-state index in [-0.39, 0.29) is 17.2 Å². The van der Waals surface area contributed by atoms with E-state index in [1.54, 1.807) is 53.5 Å². The van der Waals surface area contributed by atoms with Crippen molar-refractivity contribution in [3.05, 3.63) is 59.0 Å². The lowest BCUT2D eigenvalue weighted by atomic mass is 10.1. The predicted octanol–water partition coefficient (Wildman–Crippen LogP) is 2.87. The van der Waals surface area contributed by atoms with Gasteiger partial charge in [-0.25, -0.2) is 0 Å². The van der Waals surface area contributed by atoms with Crippen LogP contribution in [0.4, 0.5) is 0 Å². The summed E-state index contributed by atoms with van der Waals surface area (Å²) in [5, 5.41) is 3.01. The molecule has 0 aliphatic carbocycles. The number of carbonyl (C=O) groups is 2. The molecule has 0 spiro atoms. The Morgan fingerprint density at radius 1 is 1.33 bits per heavy atom. The number of hydrogen-bond acceptors (Lipinski definition) is 5. The van der Waals surface area contributed by atoms with Gasteiger partial charge >= 0.3 is 0 Å². The van der Waals surface area contributed by atoms with Crippen LogP contribution in [0.15, 0.2) is 47.3 Å². The molecule has 1 saturated heterocycles. The highest BCUT2D eigenvalue weighted by molar-refractivity contribution is 7.99. The molecular formula is C19H22ClN3O3S. The van der Waals surface area contributed by atoms with Gasteiger partial charge in [-0.3, -0.25) is 9.59 Å². The first-order valence-electron chi connectivity index (χ1n) is 8.62. The Hall–Kier alpha value is -1.96. The van der Waals surface area contributed by atoms with Crippen LogP contribution >= 0.6 is 23.4 Å². The molecule has 2 amide bonds. The van der Waals surface area contributed by atoms with Gasteiger partial charge in [0, 0.05) is 24.4 Å². The summed E-state index contributed by atoms with van der Waals surface area (Å²) < 4.78 is 5.19. The number of thioether (sulfide) groups is 1. The highest BCUT2D eigenvalue weighted by atomic mass is 35.5. The molecule has 1 aliphatic heterocycles. The normalized spacial score (nSPS) is 19.5. The van der Waals surface area contributed by atoms with Crippen LogP contribution < -0.4 is 5.32 Å². The van der Waals surface area contributed by atoms with E-state index >= 15 is 0 Å². The van der Waals surface area contributed by atoms with Gasteiger partial charge in [-0.2, -0.15) is 0 Å². The molecular weight excluding hydrogens is 386 g/mol. The van der Waals surface area contributed by atoms with Crippen LogP contribution in [0.2, 0.25) is 5.02 Å². The van der Waals surface area contributed by atoms with Crippen molar-refractivity contribution < 1.29 is 14.0 Å². The number of nitrogens with zero attached hydrogens (tertiary/aromatic N) is 2. The maximum atomic E-state index is 13.3. The summed E-state index contributed by atoms with van der Waals surface area (Å²) in [7, 11) is 3.89. The standard InChI is InChI=1S/C19H22ClN3O3S/c1-22(2)9-8-21-17(24)16-12-27-19(13-7-10-26-11-13)23(16)18(25)14-5-3-4-6-15(14)20/h3-7,10-11,16,19H,8-9,12H2,1-2H3,(H,21,24). The van der Waals surface area contributed by atoms with Crippen molar-refractivity contribution in [1.29, 1.82) is 0 Å². The molecule has 0 saturated carbocycles. The van der Waals surface area contributed by atoms with Gasteiger partial charge in [0.05, 0.1) is 23.1 Å². The van der Waals surface area contributed by atoms with Crippen LogP contribution in [0.5, 0.6) is 0 Å². The third kappa shape index (κ3) is 4.48. The average Bonchev–Trinajstić information content (AvgIpc) is 3.30. The molecule has 8 heteroatoms. The van der Waals surface area contributed by atoms with E-state index in [0.29, 0.717) is 22.9 Å². The first-order chi connectivity index (χ1) is 13.0. The molecule has 2 unspecified atom stereocenters. The number of nitrogens with one attached hydrogen (secondary N) is 1. The van der Waals surface area contributed by atoms with Gasteiger partial charge in [-0.15, -0.1) is 11.8 Å². The van der Waals surface area contributed by atoms with Crippen molar-refractivity contribution in [1.82, 2.24) is 15.1 Å². The number of likely N-dealkylation sites (N-methyl/N-ethyl adjacent to an activating group) is 1. The van der Waals surface area contributed by atoms with Gasteiger partial charge in [0.2, 0.25) is 5.91 Å². The smallest absolute Gasteiger partial charge is 0.257 e. The Morgan fingerprint density at radius 3 is 2.78 bits per heavy atom. The number of benzene rings is 1. The average molecular weight is 408 g/mol. The molecule has 2 aromatic rings. The number of rotatable bonds is 6. The monoisotopic (exact) mass is 407 g/mol. The van der Waals surface area contributed by atoms with Crippen LogP contribution in [0.1, 0.15) is 21.3 Å². The van der Waals surface area contributed by atoms with Crippen molar-refractivity contribution >= 4 is 35.2 Å². The van der Waals surface area contributed by atoms with E-state index in [2.05, 4.69) is 5.32 Å². The summed E-state index contributed by atoms with van der Waals surface area (Å²) in [6, 6.07) is 8.15. The highest BCUT2D eigenvalue weighted by Crippen LogP contribution is 2.42. The molecule has 1 fully saturated rings. The molecule has 3 rings (SSSR count). The zero-order chi connectivity index (χ0) is 19.4. The number of carbonyl (C=O) groups excluding carboxylic acids is 2. The first-order valence-corrected chi connectivity index (χ1v) is 10.0. The Kier molecular flexibility index (Phi) is 6.46. The van der Waals surface area contributed by atoms with Crippen molar-refractivity contribution in [2.24, 2.45) is 0 Å². The van der Waals surface area contributed by atoms with E-state index in [0.717, 1.165) is 12.1 Å². The number of halogens is 1. The molecule has 144 valence electrons. The maximum absolute atomic E-state index is 13.3. The SMILES string of the molecule is CN(C)CCNC(=O)C1CSC(c2ccoc2)N1C(=O)c1ccccc1Cl. The van der Waals surface area contributed by atoms with E-state index in [9.17, 15) is 9.59 Å². The highest BCUT2D eigenvalue weighted by Gasteiger charge is 2.43. The first kappa shape index (κ1) is 19.8. The Bertz CT molecular complexity index is 797. The second-order valence-electron chi connectivity index (χ2n) is 6.54. The largest absolute Gasteiger partial charge is 0.472 e. The molecule has 2 heterocycles. The molecule has 2 atom stereocenters. The van der Waals surface area contributed by atoms with E-state index in [4.69, 9.17) is 16.0 Å². The lowest BCUT2D eigenvalue weighted by Gasteiger charge is -2.28. The third-order valence-corrected chi connectivity index (χ3v) is 5.98. The quantitative estimate of drug-likeness (QED) is 0.797. The van der Waals surface area contributed by atoms with Gasteiger partial charge in [0.15, 0.2) is 0 Å². The van der Waals surface area contributed by atoms with Crippen LogP contribution in [0, 0.1) is 0 Å². The van der Waals surface area contributed by atoms with E-state index < -0.39 is 6.04 Å². The minimum atomic E-state index is -0.569. The summed E-state index contributed by atoms with van der Waals surface area (Å²) in [5.74, 6) is 0.0973. The zero-order valence-corrected chi connectivity index (χ0v) is 16.8. The van der Waals surface area contributed by atoms with Crippen molar-refractivity contribution in [2.75, 3.05) is 32.9 Å². The van der Waals surface area contributed by atoms with Crippen molar-refractivity contribution in [2.45, 2.75) is 11.4 Å². The summed E-state index contributed by atoms with van der Waals surface area (Å²) in [6.07, 6.45) is 3.18. The number of hydrogen-bond donors (Lipinski definition) is 1. The molecule has 1 aromatic heterocycles. The third-order valence-electron chi connectivity index (χ3n) is 4.33. The van der Waals surface area contributed by atoms with Crippen LogP contribution in [0.25, 0.3) is 0 Å². The minimum absolute atomic E-state index is 0.157. The molecule has 1 aromatic carbocycles. The van der Waals surface area contributed by atoms with Gasteiger partial charge < -0.3 is 19.5 Å². The maximum Gasteiger partial charge on any atom is 0.257 e. The summed E-state index contributed by atoms with van der Waals surface area (Å²) in [6.45, 7) is 1.26. The van der Waals surface area contributed by atoms with Crippen LogP contribution in [0.3, 0.4) is 0 Å². The topological polar surface area (TPSA) is 65.8 Å². The Labute approximate surface area is 167 Å². The van der Waals surface area contributed by atoms with Gasteiger partial charge in [0.25, 0.3) is 5.91 Å². The van der Waals surface area contributed by atoms with Gasteiger partial charge in [-0.05, 0) is 32.3 Å². The second kappa shape index (κ2) is 8.82. The number of furan rings is 1. The second-order valence-corrected chi connectivity index (χ2v) is 8.07. The fourth-order valence-electron chi connectivity index (χ4n) is 2.92. The van der Waals surface area contributed by atoms with Crippen molar-refractivity contribution in [3.8, 4) is 0 Å². The van der Waals surface area contributed by atoms with Gasteiger partial charge in [0.1, 0.15) is 11.4 Å². The summed E-state index contributed by atoms with van der Waals surface area (Å²) in [4.78, 5) is 29.7. The molecule has 1 aliphatic rings. The summed E-state index contributed by atoms with van der Waals surface area (Å²) in [5.41, 5.74) is 1.24.